The molecule has 9 heteroatoms. The monoisotopic (exact) mass is 636 g/mol. The number of nitrogens with one attached hydrogen (secondary N) is 1. The summed E-state index contributed by atoms with van der Waals surface area (Å²) in [5, 5.41) is 0. The molecule has 8 bridgehead atoms. The third-order valence-electron chi connectivity index (χ3n) is 11.0. The van der Waals surface area contributed by atoms with Gasteiger partial charge < -0.3 is 15.5 Å². The molecular weight excluding hydrogens is 592 g/mol. The van der Waals surface area contributed by atoms with Gasteiger partial charge in [0, 0.05) is 75.3 Å². The number of carbonyl (C=O) groups is 4. The Hall–Kier alpha value is -4.24. The first-order chi connectivity index (χ1) is 22.4. The number of hydrogen-bond acceptors (Lipinski definition) is 8. The molecule has 246 valence electrons. The fourth-order valence-electron chi connectivity index (χ4n) is 8.29. The summed E-state index contributed by atoms with van der Waals surface area (Å²) in [4.78, 5) is 66.5. The van der Waals surface area contributed by atoms with Gasteiger partial charge in [-0.1, -0.05) is 20.8 Å². The van der Waals surface area contributed by atoms with E-state index in [9.17, 15) is 19.2 Å². The maximum atomic E-state index is 14.2. The van der Waals surface area contributed by atoms with Crippen LogP contribution in [0.15, 0.2) is 55.3 Å². The number of hydrogen-bond donors (Lipinski definition) is 2. The number of ketones is 3. The first-order valence-corrected chi connectivity index (χ1v) is 16.7. The minimum absolute atomic E-state index is 0.00485. The van der Waals surface area contributed by atoms with Crippen LogP contribution >= 0.6 is 0 Å². The van der Waals surface area contributed by atoms with Crippen LogP contribution in [0, 0.1) is 36.5 Å². The molecule has 4 heterocycles. The second-order valence-corrected chi connectivity index (χ2v) is 13.6. The number of nitrogens with zero attached hydrogens (tertiary/aromatic N) is 2. The molecule has 0 fully saturated rings. The number of aromatic nitrogens is 1. The second-order valence-electron chi connectivity index (χ2n) is 13.6. The summed E-state index contributed by atoms with van der Waals surface area (Å²) in [5.41, 5.74) is 15.9. The van der Waals surface area contributed by atoms with Crippen molar-refractivity contribution in [2.45, 2.75) is 73.6 Å². The SMILES string of the molecule is CC[C@H]1C2=NC(=Cc3[nH]c(c(C)c3C(C)=O)C=C3N=C(C4=C5CC(=C2)C(C)=C5C(=O)C4C(=O)OC)[C@@H](CCCC(=O)CN)[C@@H]3C)[C@@H]1C. The summed E-state index contributed by atoms with van der Waals surface area (Å²) in [6, 6.07) is 0. The van der Waals surface area contributed by atoms with Gasteiger partial charge in [-0.05, 0) is 87.0 Å². The largest absolute Gasteiger partial charge is 0.468 e. The highest BCUT2D eigenvalue weighted by Crippen LogP contribution is 2.51. The molecule has 5 aliphatic rings. The fraction of sp³-hybridized carbons (Fsp3) is 0.474. The Labute approximate surface area is 275 Å². The van der Waals surface area contributed by atoms with Gasteiger partial charge in [0.2, 0.25) is 0 Å². The molecule has 0 saturated heterocycles. The van der Waals surface area contributed by atoms with E-state index in [1.54, 1.807) is 6.92 Å². The average molecular weight is 637 g/mol. The Morgan fingerprint density at radius 2 is 1.70 bits per heavy atom. The molecule has 0 spiro atoms. The summed E-state index contributed by atoms with van der Waals surface area (Å²) < 4.78 is 5.22. The lowest BCUT2D eigenvalue weighted by Crippen LogP contribution is -2.30. The maximum Gasteiger partial charge on any atom is 0.321 e. The van der Waals surface area contributed by atoms with Gasteiger partial charge in [-0.15, -0.1) is 0 Å². The molecule has 9 nitrogen and oxygen atoms in total. The first-order valence-electron chi connectivity index (χ1n) is 16.7. The number of aromatic amines is 1. The van der Waals surface area contributed by atoms with E-state index in [0.717, 1.165) is 57.2 Å². The smallest absolute Gasteiger partial charge is 0.321 e. The van der Waals surface area contributed by atoms with Crippen molar-refractivity contribution < 1.29 is 23.9 Å². The van der Waals surface area contributed by atoms with Crippen molar-refractivity contribution in [2.24, 2.45) is 45.3 Å². The van der Waals surface area contributed by atoms with E-state index < -0.39 is 11.9 Å². The summed E-state index contributed by atoms with van der Waals surface area (Å²) >= 11 is 0. The lowest BCUT2D eigenvalue weighted by Gasteiger charge is -2.22. The number of allylic oxidation sites excluding steroid dienone is 7. The third kappa shape index (κ3) is 5.29. The molecule has 0 aromatic carbocycles. The van der Waals surface area contributed by atoms with Crippen LogP contribution in [0.2, 0.25) is 0 Å². The van der Waals surface area contributed by atoms with Gasteiger partial charge in [0.15, 0.2) is 11.6 Å². The molecule has 1 aromatic rings. The van der Waals surface area contributed by atoms with Crippen LogP contribution in [-0.2, 0) is 19.1 Å². The minimum atomic E-state index is -1.09. The number of rotatable bonds is 8. The molecule has 1 aromatic heterocycles. The summed E-state index contributed by atoms with van der Waals surface area (Å²) in [6.07, 6.45) is 9.10. The van der Waals surface area contributed by atoms with Crippen molar-refractivity contribution in [3.63, 3.8) is 0 Å². The average Bonchev–Trinajstić information content (AvgIpc) is 3.78. The number of carbonyl (C=O) groups excluding carboxylic acids is 4. The first kappa shape index (κ1) is 32.7. The van der Waals surface area contributed by atoms with Crippen LogP contribution in [0.25, 0.3) is 12.2 Å². The number of ether oxygens (including phenoxy) is 1. The molecule has 0 saturated carbocycles. The zero-order valence-corrected chi connectivity index (χ0v) is 28.4. The Morgan fingerprint density at radius 3 is 2.36 bits per heavy atom. The summed E-state index contributed by atoms with van der Waals surface area (Å²) in [5.74, 6) is -1.91. The van der Waals surface area contributed by atoms with E-state index in [-0.39, 0.29) is 47.6 Å². The molecular formula is C38H44N4O5. The van der Waals surface area contributed by atoms with E-state index in [4.69, 9.17) is 20.5 Å². The van der Waals surface area contributed by atoms with Crippen molar-refractivity contribution in [3.8, 4) is 0 Å². The van der Waals surface area contributed by atoms with E-state index in [0.29, 0.717) is 48.1 Å². The standard InChI is InChI=1S/C38H44N4O5/c1-8-24-18(3)27-15-31-32(21(6)43)20(5)29(41-31)14-28-19(4)25(11-9-10-23(44)16-39)36(42-28)34-26-12-22(13-30(24)40-27)17(2)33(26)37(45)35(34)38(46)47-7/h13-15,18-19,24-25,35,41H,8-12,16,39H2,1-7H3/t18-,19+,24-,25+,35?/m1/s1. The van der Waals surface area contributed by atoms with Crippen LogP contribution in [0.3, 0.4) is 0 Å². The fourth-order valence-corrected chi connectivity index (χ4v) is 8.29. The number of fused-ring (bicyclic) bond motifs is 6. The minimum Gasteiger partial charge on any atom is -0.468 e. The summed E-state index contributed by atoms with van der Waals surface area (Å²) in [6.45, 7) is 11.9. The van der Waals surface area contributed by atoms with Crippen LogP contribution in [0.1, 0.15) is 94.0 Å². The topological polar surface area (TPSA) is 144 Å². The Kier molecular flexibility index (Phi) is 8.63. The lowest BCUT2D eigenvalue weighted by molar-refractivity contribution is -0.146. The van der Waals surface area contributed by atoms with Gasteiger partial charge in [-0.2, -0.15) is 0 Å². The van der Waals surface area contributed by atoms with E-state index in [1.165, 1.54) is 7.11 Å². The van der Waals surface area contributed by atoms with E-state index in [2.05, 4.69) is 31.8 Å². The van der Waals surface area contributed by atoms with Crippen molar-refractivity contribution in [1.82, 2.24) is 4.98 Å². The lowest BCUT2D eigenvalue weighted by atomic mass is 9.80. The number of H-pyrrole nitrogens is 1. The Morgan fingerprint density at radius 1 is 1.02 bits per heavy atom. The van der Waals surface area contributed by atoms with Crippen molar-refractivity contribution >= 4 is 46.9 Å². The zero-order valence-electron chi connectivity index (χ0n) is 28.4. The van der Waals surface area contributed by atoms with Crippen molar-refractivity contribution in [3.05, 3.63) is 67.9 Å². The molecule has 0 amide bonds. The van der Waals surface area contributed by atoms with E-state index in [1.807, 2.05) is 26.0 Å². The molecule has 6 rings (SSSR count). The normalized spacial score (nSPS) is 26.3. The predicted octanol–water partition coefficient (Wildman–Crippen LogP) is 6.06. The van der Waals surface area contributed by atoms with Crippen LogP contribution < -0.4 is 5.73 Å². The number of esters is 1. The highest BCUT2D eigenvalue weighted by molar-refractivity contribution is 6.26. The maximum absolute atomic E-state index is 14.2. The van der Waals surface area contributed by atoms with Crippen LogP contribution in [0.5, 0.6) is 0 Å². The summed E-state index contributed by atoms with van der Waals surface area (Å²) in [7, 11) is 1.31. The Balaban J connectivity index is 1.63. The van der Waals surface area contributed by atoms with E-state index >= 15 is 0 Å². The molecule has 0 radical (unpaired) electrons. The predicted molar refractivity (Wildman–Crippen MR) is 183 cm³/mol. The van der Waals surface area contributed by atoms with Gasteiger partial charge in [-0.3, -0.25) is 29.2 Å². The second kappa shape index (κ2) is 12.4. The van der Waals surface area contributed by atoms with Gasteiger partial charge in [0.25, 0.3) is 0 Å². The van der Waals surface area contributed by atoms with Crippen LogP contribution in [0.4, 0.5) is 0 Å². The van der Waals surface area contributed by atoms with Gasteiger partial charge >= 0.3 is 5.97 Å². The molecule has 2 aliphatic carbocycles. The highest BCUT2D eigenvalue weighted by Gasteiger charge is 2.50. The van der Waals surface area contributed by atoms with Crippen molar-refractivity contribution in [1.29, 1.82) is 0 Å². The quantitative estimate of drug-likeness (QED) is 0.202. The number of Topliss-reactive ketones (excluding diaryl/α,β-unsaturated/α-hetero) is 3. The number of nitrogens with two attached hydrogens (primary N) is 1. The van der Waals surface area contributed by atoms with Gasteiger partial charge in [0.1, 0.15) is 11.7 Å². The zero-order chi connectivity index (χ0) is 33.9. The molecule has 47 heavy (non-hydrogen) atoms. The Bertz CT molecular complexity index is 1840. The number of methoxy groups -OCH3 is 1. The van der Waals surface area contributed by atoms with Crippen LogP contribution in [-0.4, -0.2) is 53.4 Å². The van der Waals surface area contributed by atoms with Gasteiger partial charge in [0.05, 0.1) is 19.3 Å². The molecule has 3 aliphatic heterocycles. The molecule has 3 N–H and O–H groups in total. The van der Waals surface area contributed by atoms with Gasteiger partial charge in [-0.25, -0.2) is 0 Å². The third-order valence-corrected chi connectivity index (χ3v) is 11.0. The highest BCUT2D eigenvalue weighted by atomic mass is 16.5. The van der Waals surface area contributed by atoms with Crippen molar-refractivity contribution in [2.75, 3.05) is 13.7 Å². The number of aliphatic imine (C=N–C) groups is 2. The molecule has 5 atom stereocenters. The molecule has 1 unspecified atom stereocenters.